The molecule has 0 bridgehead atoms. The molecule has 148 valence electrons. The van der Waals surface area contributed by atoms with Gasteiger partial charge >= 0.3 is 0 Å². The average molecular weight is 420 g/mol. The van der Waals surface area contributed by atoms with Crippen LogP contribution < -0.4 is 16.4 Å². The largest absolute Gasteiger partial charge is 0.382 e. The van der Waals surface area contributed by atoms with Crippen molar-refractivity contribution in [1.82, 2.24) is 35.1 Å². The van der Waals surface area contributed by atoms with Crippen LogP contribution in [0.25, 0.3) is 5.65 Å². The number of nitrogens with one attached hydrogen (secondary N) is 2. The molecule has 3 heterocycles. The lowest BCUT2D eigenvalue weighted by Crippen LogP contribution is -2.26. The van der Waals surface area contributed by atoms with Gasteiger partial charge in [0.15, 0.2) is 28.8 Å². The van der Waals surface area contributed by atoms with E-state index in [-0.39, 0.29) is 23.8 Å². The molecule has 1 aromatic carbocycles. The van der Waals surface area contributed by atoms with Crippen molar-refractivity contribution < 1.29 is 4.79 Å². The predicted octanol–water partition coefficient (Wildman–Crippen LogP) is 1.80. The number of halogens is 1. The van der Waals surface area contributed by atoms with E-state index >= 15 is 0 Å². The molecule has 0 spiro atoms. The first kappa shape index (κ1) is 19.1. The molecule has 11 heteroatoms. The number of fused-ring (bicyclic) bond motifs is 1. The van der Waals surface area contributed by atoms with Gasteiger partial charge in [-0.05, 0) is 36.3 Å². The van der Waals surface area contributed by atoms with Crippen molar-refractivity contribution in [3.63, 3.8) is 0 Å². The second-order valence-corrected chi connectivity index (χ2v) is 6.49. The van der Waals surface area contributed by atoms with Crippen LogP contribution >= 0.6 is 11.6 Å². The predicted molar refractivity (Wildman–Crippen MR) is 111 cm³/mol. The number of aromatic nitrogens is 6. The maximum absolute atomic E-state index is 12.4. The molecule has 0 saturated carbocycles. The molecule has 3 aromatic heterocycles. The van der Waals surface area contributed by atoms with Crippen LogP contribution in [0, 0.1) is 12.3 Å². The van der Waals surface area contributed by atoms with Crippen molar-refractivity contribution in [3.8, 4) is 12.3 Å². The van der Waals surface area contributed by atoms with Gasteiger partial charge in [0.1, 0.15) is 5.69 Å². The van der Waals surface area contributed by atoms with Gasteiger partial charge in [-0.25, -0.2) is 9.97 Å². The first-order valence-corrected chi connectivity index (χ1v) is 9.02. The Bertz CT molecular complexity index is 1290. The highest BCUT2D eigenvalue weighted by molar-refractivity contribution is 6.30. The Labute approximate surface area is 175 Å². The van der Waals surface area contributed by atoms with Gasteiger partial charge in [-0.1, -0.05) is 17.7 Å². The molecule has 0 fully saturated rings. The molecule has 4 rings (SSSR count). The minimum absolute atomic E-state index is 0.0243. The minimum Gasteiger partial charge on any atom is -0.382 e. The number of anilines is 3. The van der Waals surface area contributed by atoms with Crippen molar-refractivity contribution in [2.75, 3.05) is 11.1 Å². The van der Waals surface area contributed by atoms with Crippen LogP contribution in [0.4, 0.5) is 17.3 Å². The lowest BCUT2D eigenvalue weighted by molar-refractivity contribution is 0.0945. The fourth-order valence-electron chi connectivity index (χ4n) is 2.60. The summed E-state index contributed by atoms with van der Waals surface area (Å²) in [5, 5.41) is 19.0. The van der Waals surface area contributed by atoms with E-state index in [9.17, 15) is 4.79 Å². The lowest BCUT2D eigenvalue weighted by Gasteiger charge is -2.08. The third-order valence-electron chi connectivity index (χ3n) is 4.00. The van der Waals surface area contributed by atoms with E-state index in [1.807, 2.05) is 12.1 Å². The number of nitrogen functional groups attached to an aromatic ring is 1. The molecule has 0 radical (unpaired) electrons. The topological polar surface area (TPSA) is 136 Å². The molecule has 0 unspecified atom stereocenters. The molecule has 1 amide bonds. The summed E-state index contributed by atoms with van der Waals surface area (Å²) in [7, 11) is 0. The summed E-state index contributed by atoms with van der Waals surface area (Å²) >= 11 is 6.01. The monoisotopic (exact) mass is 419 g/mol. The van der Waals surface area contributed by atoms with Crippen molar-refractivity contribution in [2.45, 2.75) is 6.54 Å². The molecule has 0 atom stereocenters. The molecule has 30 heavy (non-hydrogen) atoms. The summed E-state index contributed by atoms with van der Waals surface area (Å²) in [5.74, 6) is 2.71. The van der Waals surface area contributed by atoms with Gasteiger partial charge in [-0.15, -0.1) is 21.7 Å². The second-order valence-electron chi connectivity index (χ2n) is 6.06. The first-order chi connectivity index (χ1) is 14.5. The molecule has 4 aromatic rings. The summed E-state index contributed by atoms with van der Waals surface area (Å²) in [6, 6.07) is 10.7. The molecule has 0 aliphatic rings. The second kappa shape index (κ2) is 8.02. The summed E-state index contributed by atoms with van der Waals surface area (Å²) in [6.45, 7) is 0.0367. The number of terminal acetylenes is 1. The third-order valence-corrected chi connectivity index (χ3v) is 4.23. The zero-order chi connectivity index (χ0) is 21.1. The number of carbonyl (C=O) groups excluding carboxylic acids is 1. The van der Waals surface area contributed by atoms with E-state index in [0.717, 1.165) is 5.69 Å². The number of amides is 1. The standard InChI is InChI=1S/C19H14ClN9O/c1-2-12-9-22-18(21)17(25-12)19(30)23-10-16-27-26-15-7-6-14(28-29(15)16)24-13-5-3-4-11(20)8-13/h1,3-9H,10H2,(H2,21,22)(H,23,30)(H,24,28). The molecular weight excluding hydrogens is 406 g/mol. The Kier molecular flexibility index (Phi) is 5.11. The van der Waals surface area contributed by atoms with Crippen molar-refractivity contribution >= 4 is 40.5 Å². The average Bonchev–Trinajstić information content (AvgIpc) is 3.14. The van der Waals surface area contributed by atoms with Gasteiger partial charge in [0.05, 0.1) is 12.7 Å². The fourth-order valence-corrected chi connectivity index (χ4v) is 2.79. The van der Waals surface area contributed by atoms with Crippen LogP contribution in [0.5, 0.6) is 0 Å². The number of nitrogens with zero attached hydrogens (tertiary/aromatic N) is 6. The molecule has 0 aliphatic carbocycles. The zero-order valence-corrected chi connectivity index (χ0v) is 16.1. The number of hydrogen-bond acceptors (Lipinski definition) is 8. The maximum atomic E-state index is 12.4. The Morgan fingerprint density at radius 1 is 1.27 bits per heavy atom. The van der Waals surface area contributed by atoms with Crippen molar-refractivity contribution in [2.24, 2.45) is 0 Å². The van der Waals surface area contributed by atoms with Crippen molar-refractivity contribution in [3.05, 3.63) is 64.8 Å². The van der Waals surface area contributed by atoms with Gasteiger partial charge < -0.3 is 16.4 Å². The summed E-state index contributed by atoms with van der Waals surface area (Å²) in [6.07, 6.45) is 6.61. The molecule has 10 nitrogen and oxygen atoms in total. The minimum atomic E-state index is -0.540. The van der Waals surface area contributed by atoms with Crippen LogP contribution in [0.3, 0.4) is 0 Å². The lowest BCUT2D eigenvalue weighted by atomic mass is 10.3. The number of carbonyl (C=O) groups is 1. The maximum Gasteiger partial charge on any atom is 0.274 e. The van der Waals surface area contributed by atoms with Gasteiger partial charge in [0, 0.05) is 10.7 Å². The highest BCUT2D eigenvalue weighted by Gasteiger charge is 2.15. The Hall–Kier alpha value is -4.23. The number of benzene rings is 1. The quantitative estimate of drug-likeness (QED) is 0.416. The summed E-state index contributed by atoms with van der Waals surface area (Å²) in [4.78, 5) is 20.3. The normalized spacial score (nSPS) is 10.5. The van der Waals surface area contributed by atoms with E-state index in [0.29, 0.717) is 22.3 Å². The van der Waals surface area contributed by atoms with E-state index in [4.69, 9.17) is 23.8 Å². The highest BCUT2D eigenvalue weighted by Crippen LogP contribution is 2.19. The van der Waals surface area contributed by atoms with Crippen LogP contribution in [0.15, 0.2) is 42.6 Å². The van der Waals surface area contributed by atoms with Gasteiger partial charge in [0.25, 0.3) is 5.91 Å². The fraction of sp³-hybridized carbons (Fsp3) is 0.0526. The van der Waals surface area contributed by atoms with Crippen LogP contribution in [0.2, 0.25) is 5.02 Å². The summed E-state index contributed by atoms with van der Waals surface area (Å²) in [5.41, 5.74) is 7.17. The van der Waals surface area contributed by atoms with Crippen LogP contribution in [-0.4, -0.2) is 35.7 Å². The SMILES string of the molecule is C#Cc1cnc(N)c(C(=O)NCc2nnc3ccc(Nc4cccc(Cl)c4)nn23)n1. The summed E-state index contributed by atoms with van der Waals surface area (Å²) < 4.78 is 1.51. The van der Waals surface area contributed by atoms with Gasteiger partial charge in [-0.3, -0.25) is 4.79 Å². The number of rotatable bonds is 5. The molecule has 4 N–H and O–H groups in total. The van der Waals surface area contributed by atoms with Gasteiger partial charge in [0.2, 0.25) is 0 Å². The number of nitrogens with two attached hydrogens (primary N) is 1. The number of hydrogen-bond donors (Lipinski definition) is 3. The Balaban J connectivity index is 1.53. The van der Waals surface area contributed by atoms with E-state index in [1.165, 1.54) is 10.7 Å². The first-order valence-electron chi connectivity index (χ1n) is 8.65. The molecular formula is C19H14ClN9O. The Morgan fingerprint density at radius 3 is 2.93 bits per heavy atom. The zero-order valence-electron chi connectivity index (χ0n) is 15.4. The smallest absolute Gasteiger partial charge is 0.274 e. The van der Waals surface area contributed by atoms with Crippen LogP contribution in [0.1, 0.15) is 22.0 Å². The molecule has 0 saturated heterocycles. The third kappa shape index (κ3) is 3.96. The van der Waals surface area contributed by atoms with E-state index in [2.05, 4.69) is 41.8 Å². The van der Waals surface area contributed by atoms with E-state index < -0.39 is 5.91 Å². The molecule has 0 aliphatic heterocycles. The Morgan fingerprint density at radius 2 is 2.13 bits per heavy atom. The van der Waals surface area contributed by atoms with Crippen molar-refractivity contribution in [1.29, 1.82) is 0 Å². The highest BCUT2D eigenvalue weighted by atomic mass is 35.5. The van der Waals surface area contributed by atoms with E-state index in [1.54, 1.807) is 24.3 Å². The van der Waals surface area contributed by atoms with Gasteiger partial charge in [-0.2, -0.15) is 4.52 Å². The van der Waals surface area contributed by atoms with Crippen LogP contribution in [-0.2, 0) is 6.54 Å².